The highest BCUT2D eigenvalue weighted by Gasteiger charge is 2.13. The molecule has 0 radical (unpaired) electrons. The number of carbonyl (C=O) groups excluding carboxylic acids is 1. The topological polar surface area (TPSA) is 81.9 Å². The number of hydrogen-bond donors (Lipinski definition) is 1. The normalized spacial score (nSPS) is 12.2. The molecule has 0 spiro atoms. The zero-order valence-corrected chi connectivity index (χ0v) is 15.9. The molecule has 1 heterocycles. The lowest BCUT2D eigenvalue weighted by atomic mass is 10.0. The number of benzene rings is 1. The molecule has 2 rings (SSSR count). The van der Waals surface area contributed by atoms with Gasteiger partial charge in [0.05, 0.1) is 18.6 Å². The van der Waals surface area contributed by atoms with E-state index in [-0.39, 0.29) is 17.7 Å². The molecule has 0 aliphatic carbocycles. The first-order chi connectivity index (χ1) is 12.0. The Morgan fingerprint density at radius 2 is 1.96 bits per heavy atom. The van der Waals surface area contributed by atoms with Gasteiger partial charge in [-0.25, -0.2) is 0 Å². The van der Waals surface area contributed by atoms with E-state index in [1.807, 2.05) is 31.2 Å². The van der Waals surface area contributed by atoms with E-state index in [1.54, 1.807) is 11.8 Å². The fourth-order valence-corrected chi connectivity index (χ4v) is 2.96. The predicted octanol–water partition coefficient (Wildman–Crippen LogP) is 2.70. The van der Waals surface area contributed by atoms with Crippen molar-refractivity contribution in [3.8, 4) is 11.4 Å². The Kier molecular flexibility index (Phi) is 7.24. The number of nitrogens with zero attached hydrogens (tertiary/aromatic N) is 4. The highest BCUT2D eigenvalue weighted by Crippen LogP contribution is 2.20. The summed E-state index contributed by atoms with van der Waals surface area (Å²) in [5.74, 6) is 1.68. The molecule has 0 aliphatic rings. The zero-order valence-electron chi connectivity index (χ0n) is 15.1. The van der Waals surface area contributed by atoms with Gasteiger partial charge in [0.2, 0.25) is 11.1 Å². The molecule has 0 saturated carbocycles. The number of thioether (sulfide) groups is 1. The van der Waals surface area contributed by atoms with E-state index in [0.29, 0.717) is 11.1 Å². The van der Waals surface area contributed by atoms with Gasteiger partial charge in [-0.3, -0.25) is 4.79 Å². The van der Waals surface area contributed by atoms with Crippen LogP contribution in [0.25, 0.3) is 5.69 Å². The number of methoxy groups -OCH3 is 1. The third-order valence-electron chi connectivity index (χ3n) is 3.67. The fourth-order valence-electron chi connectivity index (χ4n) is 2.26. The summed E-state index contributed by atoms with van der Waals surface area (Å²) in [4.78, 5) is 12.1. The monoisotopic (exact) mass is 363 g/mol. The fraction of sp³-hybridized carbons (Fsp3) is 0.529. The predicted molar refractivity (Wildman–Crippen MR) is 98.1 cm³/mol. The summed E-state index contributed by atoms with van der Waals surface area (Å²) in [6, 6.07) is 7.59. The Morgan fingerprint density at radius 3 is 2.60 bits per heavy atom. The lowest BCUT2D eigenvalue weighted by Gasteiger charge is -2.14. The minimum Gasteiger partial charge on any atom is -0.497 e. The van der Waals surface area contributed by atoms with E-state index in [0.717, 1.165) is 24.3 Å². The van der Waals surface area contributed by atoms with Crippen LogP contribution < -0.4 is 10.1 Å². The maximum atomic E-state index is 12.1. The quantitative estimate of drug-likeness (QED) is 0.690. The van der Waals surface area contributed by atoms with Crippen LogP contribution in [0.2, 0.25) is 0 Å². The second-order valence-electron chi connectivity index (χ2n) is 6.30. The van der Waals surface area contributed by atoms with Crippen LogP contribution in [0.1, 0.15) is 33.6 Å². The smallest absolute Gasteiger partial charge is 0.230 e. The van der Waals surface area contributed by atoms with Crippen LogP contribution in [0.15, 0.2) is 29.4 Å². The van der Waals surface area contributed by atoms with E-state index in [4.69, 9.17) is 4.74 Å². The molecular weight excluding hydrogens is 338 g/mol. The first kappa shape index (κ1) is 19.2. The van der Waals surface area contributed by atoms with E-state index in [2.05, 4.69) is 34.7 Å². The summed E-state index contributed by atoms with van der Waals surface area (Å²) in [5, 5.41) is 15.3. The van der Waals surface area contributed by atoms with E-state index < -0.39 is 0 Å². The first-order valence-electron chi connectivity index (χ1n) is 8.34. The molecule has 2 aromatic rings. The lowest BCUT2D eigenvalue weighted by molar-refractivity contribution is -0.119. The van der Waals surface area contributed by atoms with Crippen molar-refractivity contribution in [2.45, 2.75) is 44.8 Å². The van der Waals surface area contributed by atoms with Crippen LogP contribution in [0.5, 0.6) is 5.75 Å². The van der Waals surface area contributed by atoms with Gasteiger partial charge in [0.15, 0.2) is 0 Å². The Morgan fingerprint density at radius 1 is 1.24 bits per heavy atom. The first-order valence-corrected chi connectivity index (χ1v) is 9.33. The van der Waals surface area contributed by atoms with Crippen molar-refractivity contribution in [2.75, 3.05) is 12.9 Å². The minimum absolute atomic E-state index is 0.00876. The van der Waals surface area contributed by atoms with Crippen LogP contribution in [0.4, 0.5) is 0 Å². The van der Waals surface area contributed by atoms with Crippen LogP contribution in [-0.4, -0.2) is 45.0 Å². The maximum absolute atomic E-state index is 12.1. The van der Waals surface area contributed by atoms with Gasteiger partial charge >= 0.3 is 0 Å². The average Bonchev–Trinajstić information content (AvgIpc) is 3.07. The summed E-state index contributed by atoms with van der Waals surface area (Å²) >= 11 is 1.32. The number of rotatable bonds is 9. The van der Waals surface area contributed by atoms with Crippen molar-refractivity contribution in [1.82, 2.24) is 25.5 Å². The van der Waals surface area contributed by atoms with Gasteiger partial charge in [-0.15, -0.1) is 5.10 Å². The number of carbonyl (C=O) groups is 1. The molecule has 136 valence electrons. The molecule has 1 aromatic carbocycles. The standard InChI is InChI=1S/C17H25N5O2S/c1-12(2)5-6-13(3)18-16(23)11-25-17-19-20-21-22(17)14-7-9-15(24-4)10-8-14/h7-10,12-13H,5-6,11H2,1-4H3,(H,18,23)/t13-/m1/s1. The molecule has 1 atom stereocenters. The Balaban J connectivity index is 1.89. The van der Waals surface area contributed by atoms with Crippen LogP contribution in [0.3, 0.4) is 0 Å². The number of hydrogen-bond acceptors (Lipinski definition) is 6. The lowest BCUT2D eigenvalue weighted by Crippen LogP contribution is -2.34. The second-order valence-corrected chi connectivity index (χ2v) is 7.24. The van der Waals surface area contributed by atoms with Crippen LogP contribution in [-0.2, 0) is 4.79 Å². The summed E-state index contributed by atoms with van der Waals surface area (Å²) < 4.78 is 6.76. The van der Waals surface area contributed by atoms with Crippen molar-refractivity contribution >= 4 is 17.7 Å². The van der Waals surface area contributed by atoms with Gasteiger partial charge in [0, 0.05) is 6.04 Å². The van der Waals surface area contributed by atoms with Crippen LogP contribution >= 0.6 is 11.8 Å². The van der Waals surface area contributed by atoms with Gasteiger partial charge in [-0.1, -0.05) is 25.6 Å². The molecule has 7 nitrogen and oxygen atoms in total. The van der Waals surface area contributed by atoms with E-state index >= 15 is 0 Å². The molecular formula is C17H25N5O2S. The number of tetrazole rings is 1. The highest BCUT2D eigenvalue weighted by atomic mass is 32.2. The molecule has 0 unspecified atom stereocenters. The van der Waals surface area contributed by atoms with Gasteiger partial charge in [0.1, 0.15) is 5.75 Å². The van der Waals surface area contributed by atoms with Gasteiger partial charge in [-0.2, -0.15) is 4.68 Å². The second kappa shape index (κ2) is 9.41. The molecule has 25 heavy (non-hydrogen) atoms. The Hall–Kier alpha value is -2.09. The molecule has 0 saturated heterocycles. The average molecular weight is 363 g/mol. The number of aromatic nitrogens is 4. The molecule has 8 heteroatoms. The van der Waals surface area contributed by atoms with Crippen molar-refractivity contribution < 1.29 is 9.53 Å². The van der Waals surface area contributed by atoms with Crippen molar-refractivity contribution in [1.29, 1.82) is 0 Å². The molecule has 1 N–H and O–H groups in total. The third kappa shape index (κ3) is 6.04. The number of nitrogens with one attached hydrogen (secondary N) is 1. The van der Waals surface area contributed by atoms with Crippen LogP contribution in [0, 0.1) is 5.92 Å². The molecule has 0 fully saturated rings. The molecule has 0 aliphatic heterocycles. The maximum Gasteiger partial charge on any atom is 0.230 e. The van der Waals surface area contributed by atoms with Gasteiger partial charge in [-0.05, 0) is 60.4 Å². The van der Waals surface area contributed by atoms with Crippen molar-refractivity contribution in [2.24, 2.45) is 5.92 Å². The van der Waals surface area contributed by atoms with E-state index in [1.165, 1.54) is 11.8 Å². The zero-order chi connectivity index (χ0) is 18.2. The van der Waals surface area contributed by atoms with Gasteiger partial charge < -0.3 is 10.1 Å². The highest BCUT2D eigenvalue weighted by molar-refractivity contribution is 7.99. The Labute approximate surface area is 152 Å². The Bertz CT molecular complexity index is 672. The van der Waals surface area contributed by atoms with Gasteiger partial charge in [0.25, 0.3) is 0 Å². The summed E-state index contributed by atoms with van der Waals surface area (Å²) in [6.45, 7) is 6.40. The summed E-state index contributed by atoms with van der Waals surface area (Å²) in [7, 11) is 1.62. The largest absolute Gasteiger partial charge is 0.497 e. The number of ether oxygens (including phenoxy) is 1. The molecule has 1 aromatic heterocycles. The molecule has 0 bridgehead atoms. The van der Waals surface area contributed by atoms with Crippen molar-refractivity contribution in [3.63, 3.8) is 0 Å². The minimum atomic E-state index is -0.00876. The van der Waals surface area contributed by atoms with Crippen molar-refractivity contribution in [3.05, 3.63) is 24.3 Å². The number of amides is 1. The molecule has 1 amide bonds. The summed E-state index contributed by atoms with van der Waals surface area (Å²) in [5.41, 5.74) is 0.819. The summed E-state index contributed by atoms with van der Waals surface area (Å²) in [6.07, 6.45) is 2.09. The third-order valence-corrected chi connectivity index (χ3v) is 4.59. The van der Waals surface area contributed by atoms with E-state index in [9.17, 15) is 4.79 Å². The SMILES string of the molecule is COc1ccc(-n2nnnc2SCC(=O)N[C@H](C)CCC(C)C)cc1.